The molecular formula is C25H22N2O4. The lowest BCUT2D eigenvalue weighted by molar-refractivity contribution is -0.147. The number of nitrogens with one attached hydrogen (secondary N) is 1. The molecule has 0 radical (unpaired) electrons. The molecule has 6 nitrogen and oxygen atoms in total. The van der Waals surface area contributed by atoms with Gasteiger partial charge in [-0.05, 0) is 27.8 Å². The van der Waals surface area contributed by atoms with E-state index in [0.29, 0.717) is 0 Å². The number of esters is 1. The van der Waals surface area contributed by atoms with Crippen LogP contribution in [0.2, 0.25) is 0 Å². The Balaban J connectivity index is 1.47. The third kappa shape index (κ3) is 4.33. The predicted octanol–water partition coefficient (Wildman–Crippen LogP) is 2.90. The maximum atomic E-state index is 13.2. The largest absolute Gasteiger partial charge is 0.461 e. The molecule has 4 rings (SSSR count). The van der Waals surface area contributed by atoms with Crippen LogP contribution in [0.15, 0.2) is 78.9 Å². The molecule has 0 saturated carbocycles. The normalized spacial score (nSPS) is 13.0. The Morgan fingerprint density at radius 2 is 1.39 bits per heavy atom. The van der Waals surface area contributed by atoms with Crippen LogP contribution in [0.5, 0.6) is 0 Å². The summed E-state index contributed by atoms with van der Waals surface area (Å²) in [5.74, 6) is -2.35. The lowest BCUT2D eigenvalue weighted by atomic mass is 9.95. The Labute approximate surface area is 180 Å². The van der Waals surface area contributed by atoms with Crippen molar-refractivity contribution in [2.75, 3.05) is 0 Å². The molecule has 0 aromatic heterocycles. The Hall–Kier alpha value is -3.93. The summed E-state index contributed by atoms with van der Waals surface area (Å²) in [5, 5.41) is 2.65. The quantitative estimate of drug-likeness (QED) is 0.581. The third-order valence-corrected chi connectivity index (χ3v) is 5.37. The Bertz CT molecular complexity index is 1080. The molecule has 6 heteroatoms. The van der Waals surface area contributed by atoms with Crippen LogP contribution in [0, 0.1) is 0 Å². The summed E-state index contributed by atoms with van der Waals surface area (Å²) < 4.78 is 5.23. The van der Waals surface area contributed by atoms with Gasteiger partial charge in [0.15, 0.2) is 0 Å². The van der Waals surface area contributed by atoms with Crippen LogP contribution in [0.1, 0.15) is 29.0 Å². The van der Waals surface area contributed by atoms with Crippen LogP contribution in [0.4, 0.5) is 0 Å². The van der Waals surface area contributed by atoms with Gasteiger partial charge in [-0.1, -0.05) is 78.9 Å². The van der Waals surface area contributed by atoms with Gasteiger partial charge in [0, 0.05) is 0 Å². The van der Waals surface area contributed by atoms with Crippen LogP contribution in [0.25, 0.3) is 11.1 Å². The molecule has 2 amide bonds. The monoisotopic (exact) mass is 414 g/mol. The highest BCUT2D eigenvalue weighted by atomic mass is 16.5. The molecule has 3 N–H and O–H groups in total. The molecule has 0 fully saturated rings. The van der Waals surface area contributed by atoms with E-state index in [1.807, 2.05) is 78.9 Å². The molecule has 0 spiro atoms. The molecule has 1 aliphatic carbocycles. The van der Waals surface area contributed by atoms with Crippen molar-refractivity contribution in [3.05, 3.63) is 95.6 Å². The minimum Gasteiger partial charge on any atom is -0.461 e. The zero-order valence-corrected chi connectivity index (χ0v) is 16.8. The minimum atomic E-state index is -1.16. The van der Waals surface area contributed by atoms with Gasteiger partial charge >= 0.3 is 5.97 Å². The smallest absolute Gasteiger partial charge is 0.308 e. The number of ether oxygens (including phenoxy) is 1. The van der Waals surface area contributed by atoms with E-state index in [1.54, 1.807) is 0 Å². The highest BCUT2D eigenvalue weighted by Crippen LogP contribution is 2.44. The molecule has 156 valence electrons. The zero-order chi connectivity index (χ0) is 21.8. The Morgan fingerprint density at radius 3 is 1.97 bits per heavy atom. The summed E-state index contributed by atoms with van der Waals surface area (Å²) in [6.45, 7) is 0.0858. The molecule has 31 heavy (non-hydrogen) atoms. The summed E-state index contributed by atoms with van der Waals surface area (Å²) >= 11 is 0. The van der Waals surface area contributed by atoms with Crippen molar-refractivity contribution in [1.82, 2.24) is 5.32 Å². The standard InChI is InChI=1S/C25H22N2O4/c26-24(29)21(14-22(28)31-15-16-8-2-1-3-9-16)27-25(30)23-19-12-6-4-10-17(19)18-11-5-7-13-20(18)23/h1-13,21,23H,14-15H2,(H2,26,29)(H,27,30)/t21-/m0/s1. The number of hydrogen-bond donors (Lipinski definition) is 2. The fourth-order valence-electron chi connectivity index (χ4n) is 3.88. The van der Waals surface area contributed by atoms with Crippen molar-refractivity contribution in [1.29, 1.82) is 0 Å². The molecule has 3 aromatic rings. The first kappa shape index (κ1) is 20.3. The van der Waals surface area contributed by atoms with Crippen LogP contribution in [-0.4, -0.2) is 23.8 Å². The van der Waals surface area contributed by atoms with Crippen molar-refractivity contribution in [3.8, 4) is 11.1 Å². The lowest BCUT2D eigenvalue weighted by Gasteiger charge is -2.19. The number of rotatable bonds is 7. The first-order valence-corrected chi connectivity index (χ1v) is 10.0. The van der Waals surface area contributed by atoms with E-state index in [9.17, 15) is 14.4 Å². The molecule has 0 aliphatic heterocycles. The van der Waals surface area contributed by atoms with Crippen LogP contribution >= 0.6 is 0 Å². The summed E-state index contributed by atoms with van der Waals surface area (Å²) in [4.78, 5) is 37.4. The summed E-state index contributed by atoms with van der Waals surface area (Å²) in [5.41, 5.74) is 9.98. The molecule has 0 heterocycles. The maximum Gasteiger partial charge on any atom is 0.308 e. The molecule has 3 aromatic carbocycles. The minimum absolute atomic E-state index is 0.0858. The number of nitrogens with two attached hydrogens (primary N) is 1. The second-order valence-corrected chi connectivity index (χ2v) is 7.42. The Morgan fingerprint density at radius 1 is 0.839 bits per heavy atom. The van der Waals surface area contributed by atoms with Crippen LogP contribution in [-0.2, 0) is 25.7 Å². The fraction of sp³-hybridized carbons (Fsp3) is 0.160. The number of hydrogen-bond acceptors (Lipinski definition) is 4. The maximum absolute atomic E-state index is 13.2. The van der Waals surface area contributed by atoms with Gasteiger partial charge in [0.1, 0.15) is 12.6 Å². The van der Waals surface area contributed by atoms with Crippen molar-refractivity contribution in [2.24, 2.45) is 5.73 Å². The van der Waals surface area contributed by atoms with Crippen molar-refractivity contribution >= 4 is 17.8 Å². The van der Waals surface area contributed by atoms with E-state index in [0.717, 1.165) is 27.8 Å². The average Bonchev–Trinajstić information content (AvgIpc) is 3.12. The molecule has 0 saturated heterocycles. The van der Waals surface area contributed by atoms with Crippen molar-refractivity contribution in [3.63, 3.8) is 0 Å². The SMILES string of the molecule is NC(=O)[C@H](CC(=O)OCc1ccccc1)NC(=O)C1c2ccccc2-c2ccccc21. The second kappa shape index (κ2) is 8.83. The molecule has 1 aliphatic rings. The lowest BCUT2D eigenvalue weighted by Crippen LogP contribution is -2.47. The van der Waals surface area contributed by atoms with E-state index < -0.39 is 23.8 Å². The highest BCUT2D eigenvalue weighted by molar-refractivity contribution is 5.98. The first-order chi connectivity index (χ1) is 15.0. The topological polar surface area (TPSA) is 98.5 Å². The second-order valence-electron chi connectivity index (χ2n) is 7.42. The summed E-state index contributed by atoms with van der Waals surface area (Å²) in [6, 6.07) is 23.4. The third-order valence-electron chi connectivity index (χ3n) is 5.37. The molecule has 0 bridgehead atoms. The van der Waals surface area contributed by atoms with E-state index in [4.69, 9.17) is 10.5 Å². The highest BCUT2D eigenvalue weighted by Gasteiger charge is 2.35. The number of amides is 2. The molecular weight excluding hydrogens is 392 g/mol. The van der Waals surface area contributed by atoms with Crippen molar-refractivity contribution < 1.29 is 19.1 Å². The summed E-state index contributed by atoms with van der Waals surface area (Å²) in [6.07, 6.45) is -0.329. The number of carbonyl (C=O) groups excluding carboxylic acids is 3. The number of fused-ring (bicyclic) bond motifs is 3. The van der Waals surface area contributed by atoms with Gasteiger partial charge in [0.05, 0.1) is 12.3 Å². The van der Waals surface area contributed by atoms with Gasteiger partial charge in [0.2, 0.25) is 11.8 Å². The summed E-state index contributed by atoms with van der Waals surface area (Å²) in [7, 11) is 0. The fourth-order valence-corrected chi connectivity index (χ4v) is 3.88. The van der Waals surface area contributed by atoms with E-state index in [2.05, 4.69) is 5.32 Å². The number of benzene rings is 3. The van der Waals surface area contributed by atoms with Gasteiger partial charge in [-0.15, -0.1) is 0 Å². The number of primary amides is 1. The Kier molecular flexibility index (Phi) is 5.80. The van der Waals surface area contributed by atoms with Gasteiger partial charge < -0.3 is 15.8 Å². The van der Waals surface area contributed by atoms with Gasteiger partial charge in [0.25, 0.3) is 0 Å². The van der Waals surface area contributed by atoms with Gasteiger partial charge in [-0.2, -0.15) is 0 Å². The molecule has 1 atom stereocenters. The van der Waals surface area contributed by atoms with Gasteiger partial charge in [-0.3, -0.25) is 14.4 Å². The number of carbonyl (C=O) groups is 3. The predicted molar refractivity (Wildman–Crippen MR) is 116 cm³/mol. The van der Waals surface area contributed by atoms with E-state index in [1.165, 1.54) is 0 Å². The van der Waals surface area contributed by atoms with E-state index in [-0.39, 0.29) is 18.9 Å². The van der Waals surface area contributed by atoms with Crippen molar-refractivity contribution in [2.45, 2.75) is 25.0 Å². The van der Waals surface area contributed by atoms with E-state index >= 15 is 0 Å². The van der Waals surface area contributed by atoms with Gasteiger partial charge in [-0.25, -0.2) is 0 Å². The molecule has 0 unspecified atom stereocenters. The average molecular weight is 414 g/mol. The first-order valence-electron chi connectivity index (χ1n) is 10.0. The zero-order valence-electron chi connectivity index (χ0n) is 16.8. The van der Waals surface area contributed by atoms with Crippen LogP contribution in [0.3, 0.4) is 0 Å². The van der Waals surface area contributed by atoms with Crippen LogP contribution < -0.4 is 11.1 Å².